The molecule has 0 radical (unpaired) electrons. The summed E-state index contributed by atoms with van der Waals surface area (Å²) in [4.78, 5) is 0. The third kappa shape index (κ3) is 4.99. The molecule has 1 aromatic rings. The second-order valence-electron chi connectivity index (χ2n) is 6.69. The molecule has 1 aromatic carbocycles. The maximum absolute atomic E-state index is 3.61. The van der Waals surface area contributed by atoms with E-state index in [4.69, 9.17) is 0 Å². The van der Waals surface area contributed by atoms with Gasteiger partial charge in [-0.2, -0.15) is 0 Å². The molecule has 0 aliphatic carbocycles. The average Bonchev–Trinajstić information content (AvgIpc) is 2.37. The SMILES string of the molecule is CCc1ccc(CC(C)(CNC(C)C)C(C)C)cc1. The first-order valence-corrected chi connectivity index (χ1v) is 7.68. The molecule has 1 N–H and O–H groups in total. The van der Waals surface area contributed by atoms with Crippen LogP contribution >= 0.6 is 0 Å². The Morgan fingerprint density at radius 3 is 1.95 bits per heavy atom. The predicted molar refractivity (Wildman–Crippen MR) is 85.6 cm³/mol. The molecule has 1 atom stereocenters. The monoisotopic (exact) mass is 261 g/mol. The van der Waals surface area contributed by atoms with Gasteiger partial charge in [-0.25, -0.2) is 0 Å². The van der Waals surface area contributed by atoms with Gasteiger partial charge in [0.15, 0.2) is 0 Å². The number of hydrogen-bond acceptors (Lipinski definition) is 1. The van der Waals surface area contributed by atoms with Crippen LogP contribution in [-0.4, -0.2) is 12.6 Å². The number of hydrogen-bond donors (Lipinski definition) is 1. The Morgan fingerprint density at radius 2 is 1.53 bits per heavy atom. The lowest BCUT2D eigenvalue weighted by molar-refractivity contribution is 0.202. The molecule has 0 amide bonds. The lowest BCUT2D eigenvalue weighted by Crippen LogP contribution is -2.40. The fourth-order valence-electron chi connectivity index (χ4n) is 2.27. The van der Waals surface area contributed by atoms with Gasteiger partial charge in [0.25, 0.3) is 0 Å². The van der Waals surface area contributed by atoms with Crippen molar-refractivity contribution >= 4 is 0 Å². The van der Waals surface area contributed by atoms with Crippen LogP contribution in [0, 0.1) is 11.3 Å². The van der Waals surface area contributed by atoms with Crippen molar-refractivity contribution in [3.8, 4) is 0 Å². The minimum Gasteiger partial charge on any atom is -0.314 e. The molecule has 0 saturated heterocycles. The summed E-state index contributed by atoms with van der Waals surface area (Å²) >= 11 is 0. The molecule has 19 heavy (non-hydrogen) atoms. The van der Waals surface area contributed by atoms with Gasteiger partial charge in [0.2, 0.25) is 0 Å². The fraction of sp³-hybridized carbons (Fsp3) is 0.667. The van der Waals surface area contributed by atoms with Gasteiger partial charge < -0.3 is 5.32 Å². The van der Waals surface area contributed by atoms with E-state index >= 15 is 0 Å². The first kappa shape index (κ1) is 16.2. The summed E-state index contributed by atoms with van der Waals surface area (Å²) in [7, 11) is 0. The standard InChI is InChI=1S/C18H31N/c1-7-16-8-10-17(11-9-16)12-18(6,14(2)3)13-19-15(4)5/h8-11,14-15,19H,7,12-13H2,1-6H3. The van der Waals surface area contributed by atoms with Crippen molar-refractivity contribution in [3.05, 3.63) is 35.4 Å². The first-order chi connectivity index (χ1) is 8.87. The quantitative estimate of drug-likeness (QED) is 0.764. The van der Waals surface area contributed by atoms with Crippen LogP contribution in [0.25, 0.3) is 0 Å². The molecule has 0 saturated carbocycles. The van der Waals surface area contributed by atoms with Gasteiger partial charge in [0.05, 0.1) is 0 Å². The van der Waals surface area contributed by atoms with Crippen LogP contribution in [0.1, 0.15) is 52.7 Å². The molecular formula is C18H31N. The Labute approximate surface area is 119 Å². The van der Waals surface area contributed by atoms with Gasteiger partial charge in [0, 0.05) is 12.6 Å². The van der Waals surface area contributed by atoms with Crippen molar-refractivity contribution in [2.24, 2.45) is 11.3 Å². The molecule has 1 rings (SSSR count). The van der Waals surface area contributed by atoms with Crippen LogP contribution in [0.3, 0.4) is 0 Å². The highest BCUT2D eigenvalue weighted by atomic mass is 14.9. The van der Waals surface area contributed by atoms with Crippen LogP contribution in [0.5, 0.6) is 0 Å². The van der Waals surface area contributed by atoms with Crippen LogP contribution in [0.2, 0.25) is 0 Å². The minimum absolute atomic E-state index is 0.317. The Bertz CT molecular complexity index is 364. The molecule has 108 valence electrons. The first-order valence-electron chi connectivity index (χ1n) is 7.68. The summed E-state index contributed by atoms with van der Waals surface area (Å²) in [5.74, 6) is 0.671. The van der Waals surface area contributed by atoms with Gasteiger partial charge in [-0.1, -0.05) is 65.8 Å². The van der Waals surface area contributed by atoms with E-state index in [1.165, 1.54) is 11.1 Å². The van der Waals surface area contributed by atoms with Gasteiger partial charge >= 0.3 is 0 Å². The second-order valence-corrected chi connectivity index (χ2v) is 6.69. The molecule has 0 bridgehead atoms. The number of nitrogens with one attached hydrogen (secondary N) is 1. The summed E-state index contributed by atoms with van der Waals surface area (Å²) in [6.07, 6.45) is 2.27. The molecule has 0 aliphatic rings. The lowest BCUT2D eigenvalue weighted by atomic mass is 9.74. The van der Waals surface area contributed by atoms with Crippen molar-refractivity contribution in [3.63, 3.8) is 0 Å². The van der Waals surface area contributed by atoms with E-state index in [0.717, 1.165) is 19.4 Å². The maximum atomic E-state index is 3.61. The topological polar surface area (TPSA) is 12.0 Å². The summed E-state index contributed by atoms with van der Waals surface area (Å²) < 4.78 is 0. The predicted octanol–water partition coefficient (Wildman–Crippen LogP) is 4.45. The smallest absolute Gasteiger partial charge is 0.00132 e. The van der Waals surface area contributed by atoms with E-state index in [2.05, 4.69) is 71.1 Å². The van der Waals surface area contributed by atoms with Crippen LogP contribution < -0.4 is 5.32 Å². The van der Waals surface area contributed by atoms with E-state index in [0.29, 0.717) is 17.4 Å². The second kappa shape index (κ2) is 7.09. The molecule has 0 aliphatic heterocycles. The average molecular weight is 261 g/mol. The fourth-order valence-corrected chi connectivity index (χ4v) is 2.27. The number of benzene rings is 1. The molecule has 1 heteroatoms. The van der Waals surface area contributed by atoms with E-state index < -0.39 is 0 Å². The van der Waals surface area contributed by atoms with Gasteiger partial charge in [-0.05, 0) is 35.3 Å². The zero-order valence-electron chi connectivity index (χ0n) is 13.6. The third-order valence-electron chi connectivity index (χ3n) is 4.35. The molecular weight excluding hydrogens is 230 g/mol. The van der Waals surface area contributed by atoms with Crippen molar-refractivity contribution in [2.75, 3.05) is 6.54 Å². The summed E-state index contributed by atoms with van der Waals surface area (Å²) in [6, 6.07) is 9.70. The minimum atomic E-state index is 0.317. The highest BCUT2D eigenvalue weighted by Crippen LogP contribution is 2.31. The van der Waals surface area contributed by atoms with E-state index in [-0.39, 0.29) is 0 Å². The zero-order valence-corrected chi connectivity index (χ0v) is 13.6. The van der Waals surface area contributed by atoms with Crippen molar-refractivity contribution < 1.29 is 0 Å². The van der Waals surface area contributed by atoms with E-state index in [1.807, 2.05) is 0 Å². The van der Waals surface area contributed by atoms with Crippen LogP contribution in [-0.2, 0) is 12.8 Å². The molecule has 0 heterocycles. The Morgan fingerprint density at radius 1 is 1.00 bits per heavy atom. The summed E-state index contributed by atoms with van der Waals surface area (Å²) in [5.41, 5.74) is 3.20. The molecule has 1 nitrogen and oxygen atoms in total. The highest BCUT2D eigenvalue weighted by molar-refractivity contribution is 5.23. The Hall–Kier alpha value is -0.820. The molecule has 1 unspecified atom stereocenters. The van der Waals surface area contributed by atoms with Crippen molar-refractivity contribution in [1.29, 1.82) is 0 Å². The Balaban J connectivity index is 2.76. The largest absolute Gasteiger partial charge is 0.314 e. The highest BCUT2D eigenvalue weighted by Gasteiger charge is 2.28. The maximum Gasteiger partial charge on any atom is 0.00132 e. The molecule has 0 spiro atoms. The normalized spacial score (nSPS) is 14.9. The van der Waals surface area contributed by atoms with Crippen molar-refractivity contribution in [2.45, 2.75) is 60.4 Å². The number of aryl methyl sites for hydroxylation is 1. The van der Waals surface area contributed by atoms with E-state index in [9.17, 15) is 0 Å². The van der Waals surface area contributed by atoms with Gasteiger partial charge in [-0.15, -0.1) is 0 Å². The zero-order chi connectivity index (χ0) is 14.5. The van der Waals surface area contributed by atoms with E-state index in [1.54, 1.807) is 0 Å². The molecule has 0 fully saturated rings. The summed E-state index contributed by atoms with van der Waals surface area (Å²) in [5, 5.41) is 3.61. The lowest BCUT2D eigenvalue weighted by Gasteiger charge is -2.35. The van der Waals surface area contributed by atoms with Crippen LogP contribution in [0.15, 0.2) is 24.3 Å². The van der Waals surface area contributed by atoms with Gasteiger partial charge in [0.1, 0.15) is 0 Å². The molecule has 0 aromatic heterocycles. The van der Waals surface area contributed by atoms with Gasteiger partial charge in [-0.3, -0.25) is 0 Å². The van der Waals surface area contributed by atoms with Crippen molar-refractivity contribution in [1.82, 2.24) is 5.32 Å². The third-order valence-corrected chi connectivity index (χ3v) is 4.35. The van der Waals surface area contributed by atoms with Crippen LogP contribution in [0.4, 0.5) is 0 Å². The number of rotatable bonds is 7. The Kier molecular flexibility index (Phi) is 6.06. The summed E-state index contributed by atoms with van der Waals surface area (Å²) in [6.45, 7) is 14.8.